The molecule has 28 heavy (non-hydrogen) atoms. The average molecular weight is 408 g/mol. The Morgan fingerprint density at radius 2 is 1.93 bits per heavy atom. The smallest absolute Gasteiger partial charge is 0.254 e. The van der Waals surface area contributed by atoms with Crippen molar-refractivity contribution in [2.75, 3.05) is 10.0 Å². The van der Waals surface area contributed by atoms with E-state index in [9.17, 15) is 17.6 Å². The molecule has 8 heteroatoms. The zero-order chi connectivity index (χ0) is 20.6. The molecule has 2 aromatic rings. The van der Waals surface area contributed by atoms with Crippen molar-refractivity contribution in [1.82, 2.24) is 4.57 Å². The number of nitrogens with zero attached hydrogens (tertiary/aromatic N) is 1. The van der Waals surface area contributed by atoms with Crippen molar-refractivity contribution >= 4 is 27.2 Å². The number of benzene rings is 1. The standard InChI is InChI=1S/C20H26FN3O3S/c1-12(2)9-14-11-18(14)28(26,27)23-17-10-13(3)20(25)24(4)19(17)22-16-8-6-5-7-15(16)21/h5-8,10,12,14,18,22-23H,9,11H2,1-4H3. The minimum absolute atomic E-state index is 0.147. The molecule has 1 heterocycles. The Balaban J connectivity index is 1.95. The Labute approximate surface area is 164 Å². The third kappa shape index (κ3) is 4.22. The van der Waals surface area contributed by atoms with E-state index in [1.807, 2.05) is 0 Å². The number of sulfonamides is 1. The molecule has 1 aromatic carbocycles. The maximum Gasteiger partial charge on any atom is 0.254 e. The lowest BCUT2D eigenvalue weighted by atomic mass is 10.1. The van der Waals surface area contributed by atoms with Gasteiger partial charge in [0.05, 0.1) is 16.6 Å². The van der Waals surface area contributed by atoms with Gasteiger partial charge in [0.15, 0.2) is 0 Å². The van der Waals surface area contributed by atoms with Crippen molar-refractivity contribution < 1.29 is 12.8 Å². The zero-order valence-electron chi connectivity index (χ0n) is 16.5. The molecule has 0 radical (unpaired) electrons. The van der Waals surface area contributed by atoms with Crippen molar-refractivity contribution in [3.8, 4) is 0 Å². The molecule has 152 valence electrons. The van der Waals surface area contributed by atoms with Crippen LogP contribution >= 0.6 is 0 Å². The molecular formula is C20H26FN3O3S. The first kappa shape index (κ1) is 20.4. The van der Waals surface area contributed by atoms with Crippen LogP contribution in [-0.2, 0) is 17.1 Å². The molecule has 0 amide bonds. The summed E-state index contributed by atoms with van der Waals surface area (Å²) in [5.41, 5.74) is 0.503. The Hall–Kier alpha value is -2.35. The van der Waals surface area contributed by atoms with Crippen LogP contribution in [0.4, 0.5) is 21.6 Å². The molecule has 1 saturated carbocycles. The van der Waals surface area contributed by atoms with E-state index in [4.69, 9.17) is 0 Å². The monoisotopic (exact) mass is 407 g/mol. The summed E-state index contributed by atoms with van der Waals surface area (Å²) in [6.07, 6.45) is 1.49. The number of hydrogen-bond acceptors (Lipinski definition) is 4. The van der Waals surface area contributed by atoms with Crippen LogP contribution in [0.2, 0.25) is 0 Å². The van der Waals surface area contributed by atoms with Crippen LogP contribution in [0.25, 0.3) is 0 Å². The summed E-state index contributed by atoms with van der Waals surface area (Å²) in [5.74, 6) is 0.284. The number of halogens is 1. The van der Waals surface area contributed by atoms with E-state index in [1.54, 1.807) is 19.1 Å². The lowest BCUT2D eigenvalue weighted by molar-refractivity contribution is 0.536. The molecule has 1 aromatic heterocycles. The van der Waals surface area contributed by atoms with Gasteiger partial charge in [0.2, 0.25) is 10.0 Å². The summed E-state index contributed by atoms with van der Waals surface area (Å²) in [4.78, 5) is 12.4. The number of para-hydroxylation sites is 1. The van der Waals surface area contributed by atoms with E-state index < -0.39 is 21.1 Å². The molecule has 0 saturated heterocycles. The highest BCUT2D eigenvalue weighted by molar-refractivity contribution is 7.93. The molecule has 6 nitrogen and oxygen atoms in total. The van der Waals surface area contributed by atoms with Crippen LogP contribution in [0.3, 0.4) is 0 Å². The number of rotatable bonds is 7. The minimum Gasteiger partial charge on any atom is -0.337 e. The maximum absolute atomic E-state index is 14.1. The van der Waals surface area contributed by atoms with E-state index in [0.717, 1.165) is 6.42 Å². The molecule has 1 aliphatic rings. The van der Waals surface area contributed by atoms with Gasteiger partial charge in [0.1, 0.15) is 11.6 Å². The third-order valence-corrected chi connectivity index (χ3v) is 6.88. The van der Waals surface area contributed by atoms with Gasteiger partial charge in [0.25, 0.3) is 5.56 Å². The van der Waals surface area contributed by atoms with Gasteiger partial charge in [-0.1, -0.05) is 26.0 Å². The molecule has 2 N–H and O–H groups in total. The molecule has 2 atom stereocenters. The number of pyridine rings is 1. The maximum atomic E-state index is 14.1. The Morgan fingerprint density at radius 3 is 2.57 bits per heavy atom. The normalized spacial score (nSPS) is 18.9. The van der Waals surface area contributed by atoms with Crippen LogP contribution in [-0.4, -0.2) is 18.2 Å². The van der Waals surface area contributed by atoms with E-state index in [-0.39, 0.29) is 28.7 Å². The SMILES string of the molecule is Cc1cc(NS(=O)(=O)C2CC2CC(C)C)c(Nc2ccccc2F)n(C)c1=O. The fourth-order valence-corrected chi connectivity index (χ4v) is 5.23. The topological polar surface area (TPSA) is 80.2 Å². The van der Waals surface area contributed by atoms with Crippen molar-refractivity contribution in [2.45, 2.75) is 38.9 Å². The largest absolute Gasteiger partial charge is 0.337 e. The Morgan fingerprint density at radius 1 is 1.25 bits per heavy atom. The lowest BCUT2D eigenvalue weighted by Gasteiger charge is -2.18. The number of anilines is 3. The van der Waals surface area contributed by atoms with E-state index in [0.29, 0.717) is 17.9 Å². The van der Waals surface area contributed by atoms with Crippen LogP contribution in [0.15, 0.2) is 35.1 Å². The highest BCUT2D eigenvalue weighted by Crippen LogP contribution is 2.42. The van der Waals surface area contributed by atoms with Crippen molar-refractivity contribution in [2.24, 2.45) is 18.9 Å². The first-order chi connectivity index (χ1) is 13.1. The number of aromatic nitrogens is 1. The van der Waals surface area contributed by atoms with Crippen LogP contribution in [0.1, 0.15) is 32.3 Å². The predicted octanol–water partition coefficient (Wildman–Crippen LogP) is 3.75. The first-order valence-corrected chi connectivity index (χ1v) is 10.9. The molecule has 2 unspecified atom stereocenters. The summed E-state index contributed by atoms with van der Waals surface area (Å²) in [7, 11) is -2.08. The Kier molecular flexibility index (Phi) is 5.52. The quantitative estimate of drug-likeness (QED) is 0.733. The molecular weight excluding hydrogens is 381 g/mol. The summed E-state index contributed by atoms with van der Waals surface area (Å²) in [6.45, 7) is 5.76. The Bertz CT molecular complexity index is 1050. The van der Waals surface area contributed by atoms with Crippen molar-refractivity contribution in [1.29, 1.82) is 0 Å². The third-order valence-electron chi connectivity index (χ3n) is 5.00. The fourth-order valence-electron chi connectivity index (χ4n) is 3.49. The molecule has 0 spiro atoms. The average Bonchev–Trinajstić information content (AvgIpc) is 3.37. The molecule has 0 aliphatic heterocycles. The highest BCUT2D eigenvalue weighted by atomic mass is 32.2. The summed E-state index contributed by atoms with van der Waals surface area (Å²) in [6, 6.07) is 7.52. The molecule has 1 fully saturated rings. The summed E-state index contributed by atoms with van der Waals surface area (Å²) < 4.78 is 43.7. The zero-order valence-corrected chi connectivity index (χ0v) is 17.3. The second-order valence-electron chi connectivity index (χ2n) is 7.87. The predicted molar refractivity (Wildman–Crippen MR) is 110 cm³/mol. The number of nitrogens with one attached hydrogen (secondary N) is 2. The summed E-state index contributed by atoms with van der Waals surface area (Å²) >= 11 is 0. The molecule has 1 aliphatic carbocycles. The lowest BCUT2D eigenvalue weighted by Crippen LogP contribution is -2.26. The minimum atomic E-state index is -3.61. The van der Waals surface area contributed by atoms with Crippen LogP contribution in [0.5, 0.6) is 0 Å². The second kappa shape index (κ2) is 7.58. The van der Waals surface area contributed by atoms with Gasteiger partial charge in [-0.15, -0.1) is 0 Å². The van der Waals surface area contributed by atoms with Crippen molar-refractivity contribution in [3.05, 3.63) is 52.1 Å². The van der Waals surface area contributed by atoms with Gasteiger partial charge in [0, 0.05) is 12.6 Å². The van der Waals surface area contributed by atoms with Gasteiger partial charge in [-0.2, -0.15) is 0 Å². The van der Waals surface area contributed by atoms with Gasteiger partial charge in [-0.3, -0.25) is 14.1 Å². The highest BCUT2D eigenvalue weighted by Gasteiger charge is 2.47. The van der Waals surface area contributed by atoms with Crippen LogP contribution < -0.4 is 15.6 Å². The number of aryl methyl sites for hydroxylation is 1. The van der Waals surface area contributed by atoms with E-state index in [2.05, 4.69) is 23.9 Å². The fraction of sp³-hybridized carbons (Fsp3) is 0.450. The second-order valence-corrected chi connectivity index (χ2v) is 9.77. The van der Waals surface area contributed by atoms with E-state index in [1.165, 1.54) is 29.8 Å². The van der Waals surface area contributed by atoms with Crippen LogP contribution in [0, 0.1) is 24.6 Å². The molecule has 3 rings (SSSR count). The van der Waals surface area contributed by atoms with Gasteiger partial charge < -0.3 is 5.32 Å². The summed E-state index contributed by atoms with van der Waals surface area (Å²) in [5, 5.41) is 2.43. The number of hydrogen-bond donors (Lipinski definition) is 2. The van der Waals surface area contributed by atoms with Gasteiger partial charge in [-0.25, -0.2) is 12.8 Å². The molecule has 0 bridgehead atoms. The first-order valence-electron chi connectivity index (χ1n) is 9.34. The van der Waals surface area contributed by atoms with E-state index >= 15 is 0 Å². The van der Waals surface area contributed by atoms with Gasteiger partial charge >= 0.3 is 0 Å². The van der Waals surface area contributed by atoms with Gasteiger partial charge in [-0.05, 0) is 49.8 Å². The van der Waals surface area contributed by atoms with Crippen molar-refractivity contribution in [3.63, 3.8) is 0 Å².